The molecule has 0 saturated carbocycles. The fourth-order valence-electron chi connectivity index (χ4n) is 1.69. The Bertz CT molecular complexity index is 526. The largest absolute Gasteiger partial charge is 0.453 e. The summed E-state index contributed by atoms with van der Waals surface area (Å²) in [6.07, 6.45) is 0.318. The van der Waals surface area contributed by atoms with E-state index in [4.69, 9.17) is 10.2 Å². The van der Waals surface area contributed by atoms with Crippen molar-refractivity contribution in [3.8, 4) is 0 Å². The van der Waals surface area contributed by atoms with Crippen LogP contribution in [0.15, 0.2) is 28.7 Å². The zero-order chi connectivity index (χ0) is 11.7. The van der Waals surface area contributed by atoms with Gasteiger partial charge in [0, 0.05) is 17.8 Å². The van der Waals surface area contributed by atoms with Crippen LogP contribution in [0, 0.1) is 6.92 Å². The molecule has 0 bridgehead atoms. The molecule has 0 aliphatic heterocycles. The van der Waals surface area contributed by atoms with Crippen molar-refractivity contribution in [1.29, 1.82) is 0 Å². The number of benzene rings is 1. The van der Waals surface area contributed by atoms with Crippen molar-refractivity contribution in [3.05, 3.63) is 35.6 Å². The number of Topliss-reactive ketones (excluding diaryl/α,β-unsaturated/α-hetero) is 1. The number of aryl methyl sites for hydroxylation is 1. The molecular formula is C13H15NO2. The second-order valence-electron chi connectivity index (χ2n) is 4.26. The van der Waals surface area contributed by atoms with E-state index in [1.807, 2.05) is 32.0 Å². The lowest BCUT2D eigenvalue weighted by molar-refractivity contribution is 0.0951. The average Bonchev–Trinajstić information content (AvgIpc) is 2.59. The van der Waals surface area contributed by atoms with Crippen LogP contribution in [0.25, 0.3) is 11.0 Å². The molecular weight excluding hydrogens is 202 g/mol. The van der Waals surface area contributed by atoms with Crippen LogP contribution in [0.4, 0.5) is 0 Å². The summed E-state index contributed by atoms with van der Waals surface area (Å²) in [6.45, 7) is 3.82. The molecule has 1 heterocycles. The van der Waals surface area contributed by atoms with Gasteiger partial charge in [0.05, 0.1) is 0 Å². The minimum Gasteiger partial charge on any atom is -0.453 e. The van der Waals surface area contributed by atoms with E-state index in [2.05, 4.69) is 0 Å². The normalized spacial score (nSPS) is 12.9. The summed E-state index contributed by atoms with van der Waals surface area (Å²) in [5, 5.41) is 0.966. The molecule has 1 unspecified atom stereocenters. The third-order valence-electron chi connectivity index (χ3n) is 2.45. The van der Waals surface area contributed by atoms with Gasteiger partial charge >= 0.3 is 0 Å². The van der Waals surface area contributed by atoms with E-state index in [0.29, 0.717) is 12.2 Å². The Balaban J connectivity index is 2.36. The smallest absolute Gasteiger partial charge is 0.199 e. The van der Waals surface area contributed by atoms with Crippen LogP contribution >= 0.6 is 0 Å². The molecule has 1 atom stereocenters. The Hall–Kier alpha value is -1.61. The van der Waals surface area contributed by atoms with Crippen molar-refractivity contribution < 1.29 is 9.21 Å². The van der Waals surface area contributed by atoms with Crippen molar-refractivity contribution in [2.45, 2.75) is 26.3 Å². The third kappa shape index (κ3) is 2.14. The van der Waals surface area contributed by atoms with Crippen molar-refractivity contribution in [2.75, 3.05) is 0 Å². The van der Waals surface area contributed by atoms with Gasteiger partial charge in [0.25, 0.3) is 0 Å². The fraction of sp³-hybridized carbons (Fsp3) is 0.308. The SMILES string of the molecule is Cc1ccc2oc(C(=O)CC(C)N)cc2c1. The molecule has 1 aromatic heterocycles. The summed E-state index contributed by atoms with van der Waals surface area (Å²) in [5.74, 6) is 0.363. The lowest BCUT2D eigenvalue weighted by Crippen LogP contribution is -2.19. The Kier molecular flexibility index (Phi) is 2.79. The lowest BCUT2D eigenvalue weighted by atomic mass is 10.1. The molecule has 2 aromatic rings. The maximum absolute atomic E-state index is 11.7. The van der Waals surface area contributed by atoms with Crippen molar-refractivity contribution in [2.24, 2.45) is 5.73 Å². The molecule has 3 nitrogen and oxygen atoms in total. The highest BCUT2D eigenvalue weighted by Crippen LogP contribution is 2.21. The fourth-order valence-corrected chi connectivity index (χ4v) is 1.69. The van der Waals surface area contributed by atoms with Gasteiger partial charge in [-0.3, -0.25) is 4.79 Å². The lowest BCUT2D eigenvalue weighted by Gasteiger charge is -2.00. The van der Waals surface area contributed by atoms with Gasteiger partial charge in [0.2, 0.25) is 0 Å². The number of nitrogens with two attached hydrogens (primary N) is 1. The van der Waals surface area contributed by atoms with E-state index < -0.39 is 0 Å². The summed E-state index contributed by atoms with van der Waals surface area (Å²) in [4.78, 5) is 11.7. The first kappa shape index (κ1) is 10.9. The highest BCUT2D eigenvalue weighted by Gasteiger charge is 2.13. The van der Waals surface area contributed by atoms with Crippen LogP contribution < -0.4 is 5.73 Å². The molecule has 0 aliphatic carbocycles. The topological polar surface area (TPSA) is 56.2 Å². The maximum Gasteiger partial charge on any atom is 0.199 e. The van der Waals surface area contributed by atoms with Gasteiger partial charge in [-0.05, 0) is 32.0 Å². The van der Waals surface area contributed by atoms with Crippen LogP contribution in [-0.4, -0.2) is 11.8 Å². The average molecular weight is 217 g/mol. The highest BCUT2D eigenvalue weighted by molar-refractivity contribution is 5.97. The number of furan rings is 1. The molecule has 0 fully saturated rings. The van der Waals surface area contributed by atoms with Gasteiger partial charge < -0.3 is 10.2 Å². The molecule has 0 amide bonds. The third-order valence-corrected chi connectivity index (χ3v) is 2.45. The molecule has 2 rings (SSSR count). The first-order valence-corrected chi connectivity index (χ1v) is 5.35. The second kappa shape index (κ2) is 4.10. The standard InChI is InChI=1S/C13H15NO2/c1-8-3-4-12-10(5-8)7-13(16-12)11(15)6-9(2)14/h3-5,7,9H,6,14H2,1-2H3. The number of ketones is 1. The van der Waals surface area contributed by atoms with Gasteiger partial charge in [-0.2, -0.15) is 0 Å². The van der Waals surface area contributed by atoms with Crippen LogP contribution in [0.5, 0.6) is 0 Å². The number of fused-ring (bicyclic) bond motifs is 1. The van der Waals surface area contributed by atoms with Gasteiger partial charge in [-0.1, -0.05) is 11.6 Å². The number of carbonyl (C=O) groups is 1. The summed E-state index contributed by atoms with van der Waals surface area (Å²) in [7, 11) is 0. The van der Waals surface area contributed by atoms with Gasteiger partial charge in [-0.25, -0.2) is 0 Å². The molecule has 2 N–H and O–H groups in total. The maximum atomic E-state index is 11.7. The van der Waals surface area contributed by atoms with E-state index in [1.165, 1.54) is 0 Å². The van der Waals surface area contributed by atoms with Crippen LogP contribution in [0.3, 0.4) is 0 Å². The van der Waals surface area contributed by atoms with Gasteiger partial charge in [-0.15, -0.1) is 0 Å². The molecule has 1 aromatic carbocycles. The predicted molar refractivity (Wildman–Crippen MR) is 63.5 cm³/mol. The van der Waals surface area contributed by atoms with Crippen LogP contribution in [0.2, 0.25) is 0 Å². The number of hydrogen-bond donors (Lipinski definition) is 1. The Morgan fingerprint density at radius 3 is 2.88 bits per heavy atom. The molecule has 84 valence electrons. The minimum atomic E-state index is -0.137. The zero-order valence-corrected chi connectivity index (χ0v) is 9.49. The zero-order valence-electron chi connectivity index (χ0n) is 9.49. The van der Waals surface area contributed by atoms with Crippen LogP contribution in [-0.2, 0) is 0 Å². The molecule has 16 heavy (non-hydrogen) atoms. The Labute approximate surface area is 94.2 Å². The monoisotopic (exact) mass is 217 g/mol. The summed E-state index contributed by atoms with van der Waals surface area (Å²) in [6, 6.07) is 7.50. The molecule has 0 aliphatic rings. The van der Waals surface area contributed by atoms with Crippen LogP contribution in [0.1, 0.15) is 29.5 Å². The van der Waals surface area contributed by atoms with E-state index in [-0.39, 0.29) is 11.8 Å². The number of rotatable bonds is 3. The van der Waals surface area contributed by atoms with E-state index in [9.17, 15) is 4.79 Å². The van der Waals surface area contributed by atoms with Crippen molar-refractivity contribution in [1.82, 2.24) is 0 Å². The number of carbonyl (C=O) groups excluding carboxylic acids is 1. The molecule has 0 radical (unpaired) electrons. The highest BCUT2D eigenvalue weighted by atomic mass is 16.3. The molecule has 0 saturated heterocycles. The van der Waals surface area contributed by atoms with Crippen molar-refractivity contribution >= 4 is 16.8 Å². The quantitative estimate of drug-likeness (QED) is 0.804. The predicted octanol–water partition coefficient (Wildman–Crippen LogP) is 2.66. The van der Waals surface area contributed by atoms with Crippen molar-refractivity contribution in [3.63, 3.8) is 0 Å². The first-order chi connectivity index (χ1) is 7.56. The summed E-state index contributed by atoms with van der Waals surface area (Å²) >= 11 is 0. The van der Waals surface area contributed by atoms with E-state index in [0.717, 1.165) is 16.5 Å². The summed E-state index contributed by atoms with van der Waals surface area (Å²) < 4.78 is 5.48. The minimum absolute atomic E-state index is 0.0381. The van der Waals surface area contributed by atoms with Gasteiger partial charge in [0.1, 0.15) is 5.58 Å². The Morgan fingerprint density at radius 1 is 1.44 bits per heavy atom. The van der Waals surface area contributed by atoms with E-state index in [1.54, 1.807) is 6.07 Å². The first-order valence-electron chi connectivity index (χ1n) is 5.35. The Morgan fingerprint density at radius 2 is 2.19 bits per heavy atom. The van der Waals surface area contributed by atoms with Gasteiger partial charge in [0.15, 0.2) is 11.5 Å². The molecule has 3 heteroatoms. The molecule has 0 spiro atoms. The second-order valence-corrected chi connectivity index (χ2v) is 4.26. The summed E-state index contributed by atoms with van der Waals surface area (Å²) in [5.41, 5.74) is 7.49. The van der Waals surface area contributed by atoms with E-state index >= 15 is 0 Å². The number of hydrogen-bond acceptors (Lipinski definition) is 3.